The number of carbonyl (C=O) groups excluding carboxylic acids is 2. The number of aryl methyl sites for hydroxylation is 1. The van der Waals surface area contributed by atoms with Gasteiger partial charge >= 0.3 is 0 Å². The number of aromatic nitrogens is 2. The van der Waals surface area contributed by atoms with Crippen molar-refractivity contribution in [3.63, 3.8) is 0 Å². The summed E-state index contributed by atoms with van der Waals surface area (Å²) >= 11 is 0. The second-order valence-corrected chi connectivity index (χ2v) is 8.40. The lowest BCUT2D eigenvalue weighted by Gasteiger charge is -2.10. The van der Waals surface area contributed by atoms with E-state index in [1.54, 1.807) is 36.7 Å². The maximum atomic E-state index is 14.8. The number of hydrogen-bond donors (Lipinski definition) is 1. The SMILES string of the molecule is Cc1cc(NC(=O)Cc2ccc(-c3cnc4c(c3)C(C(=O)C3CC3)=CC4)cc2F)ccn1. The van der Waals surface area contributed by atoms with Crippen molar-refractivity contribution in [1.82, 2.24) is 9.97 Å². The molecule has 6 heteroatoms. The van der Waals surface area contributed by atoms with Crippen molar-refractivity contribution in [2.45, 2.75) is 32.6 Å². The first-order valence-electron chi connectivity index (χ1n) is 10.7. The van der Waals surface area contributed by atoms with Crippen molar-refractivity contribution in [3.05, 3.63) is 83.2 Å². The molecule has 0 saturated heterocycles. The smallest absolute Gasteiger partial charge is 0.228 e. The molecule has 0 spiro atoms. The Morgan fingerprint density at radius 3 is 2.69 bits per heavy atom. The van der Waals surface area contributed by atoms with E-state index in [1.807, 2.05) is 19.1 Å². The van der Waals surface area contributed by atoms with Crippen LogP contribution in [0.2, 0.25) is 0 Å². The third kappa shape index (κ3) is 4.08. The zero-order valence-electron chi connectivity index (χ0n) is 17.7. The molecule has 2 aromatic heterocycles. The fraction of sp³-hybridized carbons (Fsp3) is 0.231. The van der Waals surface area contributed by atoms with Crippen LogP contribution >= 0.6 is 0 Å². The molecule has 5 rings (SSSR count). The van der Waals surface area contributed by atoms with E-state index in [4.69, 9.17) is 0 Å². The monoisotopic (exact) mass is 427 g/mol. The number of nitrogens with one attached hydrogen (secondary N) is 1. The Hall–Kier alpha value is -3.67. The molecule has 2 aliphatic rings. The fourth-order valence-electron chi connectivity index (χ4n) is 4.03. The molecule has 1 N–H and O–H groups in total. The van der Waals surface area contributed by atoms with E-state index >= 15 is 0 Å². The number of hydrogen-bond acceptors (Lipinski definition) is 4. The maximum absolute atomic E-state index is 14.8. The zero-order chi connectivity index (χ0) is 22.2. The van der Waals surface area contributed by atoms with E-state index in [0.29, 0.717) is 23.2 Å². The predicted octanol–water partition coefficient (Wildman–Crippen LogP) is 4.69. The Balaban J connectivity index is 1.33. The first kappa shape index (κ1) is 20.2. The average molecular weight is 427 g/mol. The molecule has 1 saturated carbocycles. The molecular weight excluding hydrogens is 405 g/mol. The zero-order valence-corrected chi connectivity index (χ0v) is 17.7. The maximum Gasteiger partial charge on any atom is 0.228 e. The van der Waals surface area contributed by atoms with E-state index in [9.17, 15) is 14.0 Å². The van der Waals surface area contributed by atoms with Crippen LogP contribution in [0, 0.1) is 18.7 Å². The van der Waals surface area contributed by atoms with Gasteiger partial charge in [0.1, 0.15) is 5.82 Å². The number of halogens is 1. The Kier molecular flexibility index (Phi) is 5.13. The Morgan fingerprint density at radius 1 is 1.09 bits per heavy atom. The van der Waals surface area contributed by atoms with Crippen molar-refractivity contribution < 1.29 is 14.0 Å². The first-order valence-corrected chi connectivity index (χ1v) is 10.7. The van der Waals surface area contributed by atoms with Gasteiger partial charge in [0.2, 0.25) is 5.91 Å². The van der Waals surface area contributed by atoms with Gasteiger partial charge in [0.15, 0.2) is 5.78 Å². The highest BCUT2D eigenvalue weighted by Crippen LogP contribution is 2.39. The number of allylic oxidation sites excluding steroid dienone is 2. The van der Waals surface area contributed by atoms with Crippen LogP contribution in [-0.4, -0.2) is 21.7 Å². The number of rotatable bonds is 6. The molecule has 0 radical (unpaired) electrons. The molecule has 0 bridgehead atoms. The predicted molar refractivity (Wildman–Crippen MR) is 120 cm³/mol. The van der Waals surface area contributed by atoms with Gasteiger partial charge in [-0.05, 0) is 55.2 Å². The number of anilines is 1. The molecule has 160 valence electrons. The van der Waals surface area contributed by atoms with Crippen molar-refractivity contribution in [1.29, 1.82) is 0 Å². The second-order valence-electron chi connectivity index (χ2n) is 8.40. The summed E-state index contributed by atoms with van der Waals surface area (Å²) in [4.78, 5) is 33.5. The third-order valence-corrected chi connectivity index (χ3v) is 5.89. The van der Waals surface area contributed by atoms with Crippen molar-refractivity contribution in [3.8, 4) is 11.1 Å². The molecule has 0 atom stereocenters. The van der Waals surface area contributed by atoms with Gasteiger partial charge in [0.25, 0.3) is 0 Å². The van der Waals surface area contributed by atoms with Gasteiger partial charge in [-0.3, -0.25) is 19.6 Å². The summed E-state index contributed by atoms with van der Waals surface area (Å²) in [5.74, 6) is -0.405. The lowest BCUT2D eigenvalue weighted by molar-refractivity contribution is -0.116. The first-order chi connectivity index (χ1) is 15.5. The normalized spacial score (nSPS) is 14.6. The quantitative estimate of drug-likeness (QED) is 0.619. The van der Waals surface area contributed by atoms with Crippen LogP contribution < -0.4 is 5.32 Å². The van der Waals surface area contributed by atoms with Gasteiger partial charge in [0.05, 0.1) is 12.1 Å². The summed E-state index contributed by atoms with van der Waals surface area (Å²) in [6.45, 7) is 1.84. The molecule has 32 heavy (non-hydrogen) atoms. The van der Waals surface area contributed by atoms with Crippen LogP contribution in [-0.2, 0) is 22.4 Å². The molecule has 0 unspecified atom stereocenters. The molecule has 2 heterocycles. The molecule has 2 aliphatic carbocycles. The van der Waals surface area contributed by atoms with Gasteiger partial charge in [-0.2, -0.15) is 0 Å². The largest absolute Gasteiger partial charge is 0.326 e. The number of pyridine rings is 2. The lowest BCUT2D eigenvalue weighted by atomic mass is 9.97. The minimum Gasteiger partial charge on any atom is -0.326 e. The highest BCUT2D eigenvalue weighted by molar-refractivity contribution is 6.23. The Bertz CT molecular complexity index is 1280. The van der Waals surface area contributed by atoms with Crippen LogP contribution in [0.15, 0.2) is 54.9 Å². The minimum atomic E-state index is -0.450. The van der Waals surface area contributed by atoms with E-state index in [1.165, 1.54) is 6.07 Å². The van der Waals surface area contributed by atoms with Gasteiger partial charge in [-0.1, -0.05) is 18.2 Å². The van der Waals surface area contributed by atoms with Gasteiger partial charge in [-0.15, -0.1) is 0 Å². The van der Waals surface area contributed by atoms with E-state index in [-0.39, 0.29) is 24.0 Å². The van der Waals surface area contributed by atoms with E-state index in [0.717, 1.165) is 40.9 Å². The molecule has 5 nitrogen and oxygen atoms in total. The number of carbonyl (C=O) groups is 2. The highest BCUT2D eigenvalue weighted by atomic mass is 19.1. The van der Waals surface area contributed by atoms with Crippen LogP contribution in [0.1, 0.15) is 35.4 Å². The van der Waals surface area contributed by atoms with Gasteiger partial charge in [-0.25, -0.2) is 4.39 Å². The average Bonchev–Trinajstić information content (AvgIpc) is 3.53. The van der Waals surface area contributed by atoms with Crippen molar-refractivity contribution in [2.24, 2.45) is 5.92 Å². The molecule has 1 amide bonds. The number of Topliss-reactive ketones (excluding diaryl/α,β-unsaturated/α-hetero) is 1. The summed E-state index contributed by atoms with van der Waals surface area (Å²) in [6, 6.07) is 10.2. The molecule has 1 aromatic carbocycles. The van der Waals surface area contributed by atoms with Crippen LogP contribution in [0.4, 0.5) is 10.1 Å². The molecule has 1 fully saturated rings. The fourth-order valence-corrected chi connectivity index (χ4v) is 4.03. The standard InChI is InChI=1S/C26H22FN3O2/c1-15-10-20(8-9-28-15)30-25(31)13-18-5-4-17(12-23(18)27)19-11-22-21(26(32)16-2-3-16)6-7-24(22)29-14-19/h4-6,8-12,14,16H,2-3,7,13H2,1H3,(H,28,30,31). The molecule has 0 aliphatic heterocycles. The van der Waals surface area contributed by atoms with Gasteiger partial charge in [0, 0.05) is 52.8 Å². The molecular formula is C26H22FN3O2. The number of nitrogens with zero attached hydrogens (tertiary/aromatic N) is 2. The summed E-state index contributed by atoms with van der Waals surface area (Å²) in [5.41, 5.74) is 5.65. The summed E-state index contributed by atoms with van der Waals surface area (Å²) in [5, 5.41) is 2.77. The molecule has 3 aromatic rings. The van der Waals surface area contributed by atoms with E-state index in [2.05, 4.69) is 15.3 Å². The van der Waals surface area contributed by atoms with Crippen molar-refractivity contribution >= 4 is 23.0 Å². The van der Waals surface area contributed by atoms with Crippen LogP contribution in [0.5, 0.6) is 0 Å². The number of fused-ring (bicyclic) bond motifs is 1. The minimum absolute atomic E-state index is 0.0707. The highest BCUT2D eigenvalue weighted by Gasteiger charge is 2.34. The van der Waals surface area contributed by atoms with Gasteiger partial charge < -0.3 is 5.32 Å². The summed E-state index contributed by atoms with van der Waals surface area (Å²) in [7, 11) is 0. The Morgan fingerprint density at radius 2 is 1.94 bits per heavy atom. The third-order valence-electron chi connectivity index (χ3n) is 5.89. The summed E-state index contributed by atoms with van der Waals surface area (Å²) in [6.07, 6.45) is 7.78. The van der Waals surface area contributed by atoms with Crippen molar-refractivity contribution in [2.75, 3.05) is 5.32 Å². The van der Waals surface area contributed by atoms with Crippen LogP contribution in [0.3, 0.4) is 0 Å². The Labute approximate surface area is 185 Å². The number of benzene rings is 1. The van der Waals surface area contributed by atoms with Crippen LogP contribution in [0.25, 0.3) is 16.7 Å². The summed E-state index contributed by atoms with van der Waals surface area (Å²) < 4.78 is 14.8. The van der Waals surface area contributed by atoms with E-state index < -0.39 is 5.82 Å². The number of amides is 1. The number of ketones is 1. The lowest BCUT2D eigenvalue weighted by Crippen LogP contribution is -2.15. The second kappa shape index (κ2) is 8.11. The topological polar surface area (TPSA) is 72.0 Å².